The van der Waals surface area contributed by atoms with E-state index in [1.165, 1.54) is 12.1 Å². The molecule has 0 bridgehead atoms. The first-order valence-corrected chi connectivity index (χ1v) is 3.99. The average Bonchev–Trinajstić information content (AvgIpc) is 2.01. The van der Waals surface area contributed by atoms with Gasteiger partial charge in [0, 0.05) is 11.1 Å². The van der Waals surface area contributed by atoms with Crippen molar-refractivity contribution in [1.29, 1.82) is 0 Å². The fourth-order valence-electron chi connectivity index (χ4n) is 1.22. The molecule has 0 heterocycles. The van der Waals surface area contributed by atoms with Crippen LogP contribution in [-0.4, -0.2) is 6.29 Å². The maximum Gasteiger partial charge on any atom is 0.150 e. The Morgan fingerprint density at radius 2 is 2.08 bits per heavy atom. The van der Waals surface area contributed by atoms with Crippen LogP contribution in [-0.2, 0) is 5.54 Å². The largest absolute Gasteiger partial charge is 0.322 e. The van der Waals surface area contributed by atoms with Crippen molar-refractivity contribution >= 4 is 6.29 Å². The van der Waals surface area contributed by atoms with Gasteiger partial charge in [0.05, 0.1) is 0 Å². The van der Waals surface area contributed by atoms with Crippen molar-refractivity contribution in [1.82, 2.24) is 0 Å². The third-order valence-electron chi connectivity index (χ3n) is 1.83. The van der Waals surface area contributed by atoms with Crippen LogP contribution in [0.1, 0.15) is 29.8 Å². The quantitative estimate of drug-likeness (QED) is 0.707. The lowest BCUT2D eigenvalue weighted by Crippen LogP contribution is -2.30. The van der Waals surface area contributed by atoms with Crippen LogP contribution >= 0.6 is 0 Å². The molecular weight excluding hydrogens is 169 g/mol. The zero-order valence-electron chi connectivity index (χ0n) is 7.67. The average molecular weight is 181 g/mol. The van der Waals surface area contributed by atoms with Gasteiger partial charge >= 0.3 is 0 Å². The van der Waals surface area contributed by atoms with Gasteiger partial charge in [0.25, 0.3) is 0 Å². The minimum absolute atomic E-state index is 0.313. The van der Waals surface area contributed by atoms with Crippen molar-refractivity contribution < 1.29 is 9.18 Å². The highest BCUT2D eigenvalue weighted by atomic mass is 19.1. The molecule has 0 aromatic heterocycles. The number of carbonyl (C=O) groups is 1. The number of aldehydes is 1. The van der Waals surface area contributed by atoms with Gasteiger partial charge in [-0.2, -0.15) is 0 Å². The number of halogens is 1. The maximum absolute atomic E-state index is 12.7. The van der Waals surface area contributed by atoms with Crippen LogP contribution in [0.2, 0.25) is 0 Å². The smallest absolute Gasteiger partial charge is 0.150 e. The normalized spacial score (nSPS) is 11.4. The number of benzene rings is 1. The van der Waals surface area contributed by atoms with Crippen molar-refractivity contribution in [2.75, 3.05) is 0 Å². The van der Waals surface area contributed by atoms with Gasteiger partial charge in [-0.15, -0.1) is 0 Å². The summed E-state index contributed by atoms with van der Waals surface area (Å²) < 4.78 is 12.7. The van der Waals surface area contributed by atoms with Gasteiger partial charge in [-0.05, 0) is 31.5 Å². The lowest BCUT2D eigenvalue weighted by molar-refractivity contribution is 0.112. The fraction of sp³-hybridized carbons (Fsp3) is 0.300. The molecule has 0 aliphatic carbocycles. The molecule has 0 fully saturated rings. The predicted octanol–water partition coefficient (Wildman–Crippen LogP) is 1.83. The minimum Gasteiger partial charge on any atom is -0.322 e. The van der Waals surface area contributed by atoms with E-state index in [1.807, 2.05) is 0 Å². The van der Waals surface area contributed by atoms with Gasteiger partial charge in [-0.3, -0.25) is 4.79 Å². The van der Waals surface area contributed by atoms with Gasteiger partial charge in [0.2, 0.25) is 0 Å². The van der Waals surface area contributed by atoms with Crippen molar-refractivity contribution in [2.45, 2.75) is 19.4 Å². The van der Waals surface area contributed by atoms with Gasteiger partial charge in [0.1, 0.15) is 5.82 Å². The molecule has 1 aromatic rings. The maximum atomic E-state index is 12.7. The van der Waals surface area contributed by atoms with Gasteiger partial charge in [0.15, 0.2) is 6.29 Å². The van der Waals surface area contributed by atoms with E-state index in [-0.39, 0.29) is 0 Å². The van der Waals surface area contributed by atoms with Crippen LogP contribution < -0.4 is 5.73 Å². The van der Waals surface area contributed by atoms with Crippen LogP contribution in [0.15, 0.2) is 18.2 Å². The summed E-state index contributed by atoms with van der Waals surface area (Å²) in [5.41, 5.74) is 6.15. The first kappa shape index (κ1) is 9.86. The summed E-state index contributed by atoms with van der Waals surface area (Å²) in [7, 11) is 0. The highest BCUT2D eigenvalue weighted by Crippen LogP contribution is 2.20. The zero-order valence-corrected chi connectivity index (χ0v) is 7.67. The molecule has 0 radical (unpaired) electrons. The number of hydrogen-bond acceptors (Lipinski definition) is 2. The Bertz CT molecular complexity index is 328. The Morgan fingerprint density at radius 1 is 1.46 bits per heavy atom. The van der Waals surface area contributed by atoms with E-state index in [2.05, 4.69) is 0 Å². The van der Waals surface area contributed by atoms with Crippen molar-refractivity contribution in [2.24, 2.45) is 5.73 Å². The van der Waals surface area contributed by atoms with E-state index >= 15 is 0 Å². The van der Waals surface area contributed by atoms with E-state index in [4.69, 9.17) is 5.73 Å². The second-order valence-electron chi connectivity index (χ2n) is 3.57. The molecule has 0 saturated heterocycles. The molecule has 2 nitrogen and oxygen atoms in total. The first-order chi connectivity index (χ1) is 5.95. The van der Waals surface area contributed by atoms with Crippen LogP contribution in [0.4, 0.5) is 4.39 Å². The minimum atomic E-state index is -0.621. The summed E-state index contributed by atoms with van der Waals surface area (Å²) >= 11 is 0. The lowest BCUT2D eigenvalue weighted by atomic mass is 9.91. The molecule has 1 aromatic carbocycles. The number of nitrogens with two attached hydrogens (primary N) is 1. The summed E-state index contributed by atoms with van der Waals surface area (Å²) in [4.78, 5) is 10.6. The molecule has 13 heavy (non-hydrogen) atoms. The second kappa shape index (κ2) is 3.26. The molecule has 0 atom stereocenters. The zero-order chi connectivity index (χ0) is 10.1. The Kier molecular flexibility index (Phi) is 2.48. The first-order valence-electron chi connectivity index (χ1n) is 3.99. The van der Waals surface area contributed by atoms with Gasteiger partial charge in [-0.1, -0.05) is 6.07 Å². The summed E-state index contributed by atoms with van der Waals surface area (Å²) in [5.74, 6) is -0.421. The Hall–Kier alpha value is -1.22. The van der Waals surface area contributed by atoms with Gasteiger partial charge < -0.3 is 5.73 Å². The number of hydrogen-bond donors (Lipinski definition) is 1. The number of carbonyl (C=O) groups excluding carboxylic acids is 1. The van der Waals surface area contributed by atoms with E-state index in [1.54, 1.807) is 19.9 Å². The van der Waals surface area contributed by atoms with Crippen LogP contribution in [0.25, 0.3) is 0 Å². The highest BCUT2D eigenvalue weighted by molar-refractivity contribution is 5.77. The van der Waals surface area contributed by atoms with E-state index in [9.17, 15) is 9.18 Å². The molecule has 0 spiro atoms. The highest BCUT2D eigenvalue weighted by Gasteiger charge is 2.18. The van der Waals surface area contributed by atoms with E-state index < -0.39 is 11.4 Å². The van der Waals surface area contributed by atoms with Crippen LogP contribution in [0.3, 0.4) is 0 Å². The monoisotopic (exact) mass is 181 g/mol. The molecule has 0 aliphatic rings. The van der Waals surface area contributed by atoms with E-state index in [0.29, 0.717) is 17.4 Å². The summed E-state index contributed by atoms with van der Waals surface area (Å²) in [6, 6.07) is 4.03. The Morgan fingerprint density at radius 3 is 2.54 bits per heavy atom. The molecule has 2 N–H and O–H groups in total. The summed E-state index contributed by atoms with van der Waals surface area (Å²) in [6.07, 6.45) is 0.618. The Balaban J connectivity index is 3.29. The van der Waals surface area contributed by atoms with Crippen molar-refractivity contribution in [3.8, 4) is 0 Å². The van der Waals surface area contributed by atoms with Crippen molar-refractivity contribution in [3.05, 3.63) is 35.1 Å². The topological polar surface area (TPSA) is 43.1 Å². The third kappa shape index (κ3) is 2.12. The Labute approximate surface area is 76.6 Å². The second-order valence-corrected chi connectivity index (χ2v) is 3.57. The van der Waals surface area contributed by atoms with Crippen LogP contribution in [0.5, 0.6) is 0 Å². The van der Waals surface area contributed by atoms with Gasteiger partial charge in [-0.25, -0.2) is 4.39 Å². The SMILES string of the molecule is CC(C)(N)c1ccc(F)cc1C=O. The molecule has 1 rings (SSSR count). The molecule has 0 saturated carbocycles. The molecule has 0 aliphatic heterocycles. The number of rotatable bonds is 2. The lowest BCUT2D eigenvalue weighted by Gasteiger charge is -2.20. The third-order valence-corrected chi connectivity index (χ3v) is 1.83. The predicted molar refractivity (Wildman–Crippen MR) is 49.0 cm³/mol. The van der Waals surface area contributed by atoms with Crippen molar-refractivity contribution in [3.63, 3.8) is 0 Å². The molecular formula is C10H12FNO. The standard InChI is InChI=1S/C10H12FNO/c1-10(2,12)9-4-3-8(11)5-7(9)6-13/h3-6H,12H2,1-2H3. The molecule has 0 amide bonds. The molecule has 0 unspecified atom stereocenters. The summed E-state index contributed by atoms with van der Waals surface area (Å²) in [6.45, 7) is 3.54. The molecule has 3 heteroatoms. The fourth-order valence-corrected chi connectivity index (χ4v) is 1.22. The van der Waals surface area contributed by atoms with Crippen LogP contribution in [0, 0.1) is 5.82 Å². The summed E-state index contributed by atoms with van der Waals surface area (Å²) in [5, 5.41) is 0. The molecule has 70 valence electrons. The van der Waals surface area contributed by atoms with E-state index in [0.717, 1.165) is 0 Å².